The van der Waals surface area contributed by atoms with Gasteiger partial charge in [-0.15, -0.1) is 0 Å². The van der Waals surface area contributed by atoms with Gasteiger partial charge in [-0.1, -0.05) is 51.9 Å². The summed E-state index contributed by atoms with van der Waals surface area (Å²) in [6.07, 6.45) is 10.5. The molecule has 0 aliphatic rings. The lowest BCUT2D eigenvalue weighted by Gasteiger charge is -2.19. The summed E-state index contributed by atoms with van der Waals surface area (Å²) >= 11 is 0. The lowest BCUT2D eigenvalue weighted by atomic mass is 10.1. The zero-order valence-corrected chi connectivity index (χ0v) is 35.2. The van der Waals surface area contributed by atoms with Crippen molar-refractivity contribution in [2.24, 2.45) is 0 Å². The fourth-order valence-electron chi connectivity index (χ4n) is 4.50. The number of esters is 1. The molecule has 0 unspecified atom stereocenters. The van der Waals surface area contributed by atoms with Crippen LogP contribution in [-0.2, 0) is 71.1 Å². The SMILES string of the molecule is CCCCCCCCCCOCCOCCOCCOCCOCCOCCOCCOCCOCCOCCOCCOCCOCC(=O)OC(C)(C)C. The lowest BCUT2D eigenvalue weighted by molar-refractivity contribution is -0.160. The molecular weight excluding hydrogens is 720 g/mol. The topological polar surface area (TPSA) is 146 Å². The summed E-state index contributed by atoms with van der Waals surface area (Å²) in [6.45, 7) is 20.4. The zero-order chi connectivity index (χ0) is 40.0. The summed E-state index contributed by atoms with van der Waals surface area (Å²) in [7, 11) is 0. The number of carbonyl (C=O) groups excluding carboxylic acids is 1. The minimum atomic E-state index is -0.512. The van der Waals surface area contributed by atoms with Crippen LogP contribution >= 0.6 is 0 Å². The molecule has 15 nitrogen and oxygen atoms in total. The van der Waals surface area contributed by atoms with Gasteiger partial charge in [-0.3, -0.25) is 0 Å². The van der Waals surface area contributed by atoms with Crippen LogP contribution in [0.2, 0.25) is 0 Å². The number of hydrogen-bond donors (Lipinski definition) is 0. The molecule has 0 fully saturated rings. The van der Waals surface area contributed by atoms with E-state index >= 15 is 0 Å². The van der Waals surface area contributed by atoms with Crippen LogP contribution in [0.15, 0.2) is 0 Å². The highest BCUT2D eigenvalue weighted by molar-refractivity contribution is 5.71. The predicted octanol–water partition coefficient (Wildman–Crippen LogP) is 4.68. The van der Waals surface area contributed by atoms with E-state index in [1.807, 2.05) is 20.8 Å². The number of ether oxygens (including phenoxy) is 14. The molecule has 0 heterocycles. The van der Waals surface area contributed by atoms with Crippen molar-refractivity contribution in [3.63, 3.8) is 0 Å². The first-order valence-corrected chi connectivity index (χ1v) is 20.7. The van der Waals surface area contributed by atoms with Gasteiger partial charge in [0.1, 0.15) is 12.2 Å². The fraction of sp³-hybridized carbons (Fsp3) is 0.975. The Labute approximate surface area is 333 Å². The first-order chi connectivity index (χ1) is 27.0. The molecular formula is C40H80O15. The molecule has 0 saturated heterocycles. The van der Waals surface area contributed by atoms with Crippen LogP contribution in [0, 0.1) is 0 Å². The Hall–Kier alpha value is -1.05. The average molecular weight is 801 g/mol. The van der Waals surface area contributed by atoms with Crippen molar-refractivity contribution in [2.75, 3.05) is 172 Å². The Morgan fingerprint density at radius 1 is 0.309 bits per heavy atom. The van der Waals surface area contributed by atoms with E-state index in [0.717, 1.165) is 13.0 Å². The van der Waals surface area contributed by atoms with Gasteiger partial charge in [0.25, 0.3) is 0 Å². The molecule has 0 aromatic carbocycles. The zero-order valence-electron chi connectivity index (χ0n) is 35.2. The van der Waals surface area contributed by atoms with Gasteiger partial charge in [0.15, 0.2) is 0 Å². The van der Waals surface area contributed by atoms with Crippen LogP contribution in [0.4, 0.5) is 0 Å². The van der Waals surface area contributed by atoms with Crippen molar-refractivity contribution in [2.45, 2.75) is 84.7 Å². The predicted molar refractivity (Wildman–Crippen MR) is 209 cm³/mol. The average Bonchev–Trinajstić information content (AvgIpc) is 3.15. The molecule has 0 bridgehead atoms. The minimum absolute atomic E-state index is 0.0836. The van der Waals surface area contributed by atoms with Crippen molar-refractivity contribution in [3.8, 4) is 0 Å². The van der Waals surface area contributed by atoms with Gasteiger partial charge in [0.2, 0.25) is 0 Å². The minimum Gasteiger partial charge on any atom is -0.458 e. The Bertz CT molecular complexity index is 742. The standard InChI is InChI=1S/C40H80O15/c1-5-6-7-8-9-10-11-12-13-42-14-15-43-16-17-44-18-19-45-20-21-46-22-23-47-24-25-48-26-27-49-28-29-50-30-31-51-32-33-52-34-35-53-36-37-54-38-39(41)55-40(2,3)4/h5-38H2,1-4H3. The molecule has 0 aromatic heterocycles. The van der Waals surface area contributed by atoms with Gasteiger partial charge < -0.3 is 66.3 Å². The van der Waals surface area contributed by atoms with Crippen LogP contribution in [0.1, 0.15) is 79.1 Å². The molecule has 0 saturated carbocycles. The van der Waals surface area contributed by atoms with Crippen molar-refractivity contribution in [1.82, 2.24) is 0 Å². The van der Waals surface area contributed by atoms with Crippen LogP contribution in [0.25, 0.3) is 0 Å². The molecule has 0 aliphatic carbocycles. The van der Waals surface area contributed by atoms with Gasteiger partial charge in [0, 0.05) is 6.61 Å². The second kappa shape index (κ2) is 45.6. The van der Waals surface area contributed by atoms with E-state index in [1.165, 1.54) is 44.9 Å². The van der Waals surface area contributed by atoms with Gasteiger partial charge in [0.05, 0.1) is 159 Å². The van der Waals surface area contributed by atoms with E-state index in [9.17, 15) is 4.79 Å². The number of rotatable bonds is 47. The van der Waals surface area contributed by atoms with Gasteiger partial charge in [-0.05, 0) is 27.2 Å². The molecule has 0 atom stereocenters. The molecule has 0 radical (unpaired) electrons. The summed E-state index contributed by atoms with van der Waals surface area (Å²) < 4.78 is 76.4. The fourth-order valence-corrected chi connectivity index (χ4v) is 4.50. The summed E-state index contributed by atoms with van der Waals surface area (Å²) in [6, 6.07) is 0. The molecule has 55 heavy (non-hydrogen) atoms. The maximum atomic E-state index is 11.5. The van der Waals surface area contributed by atoms with Crippen molar-refractivity contribution in [3.05, 3.63) is 0 Å². The third-order valence-electron chi connectivity index (χ3n) is 7.25. The normalized spacial score (nSPS) is 11.9. The second-order valence-electron chi connectivity index (χ2n) is 13.5. The lowest BCUT2D eigenvalue weighted by Crippen LogP contribution is -2.27. The monoisotopic (exact) mass is 801 g/mol. The van der Waals surface area contributed by atoms with Crippen LogP contribution in [0.5, 0.6) is 0 Å². The summed E-state index contributed by atoms with van der Waals surface area (Å²) in [5.74, 6) is -0.386. The van der Waals surface area contributed by atoms with Gasteiger partial charge in [-0.25, -0.2) is 4.79 Å². The Morgan fingerprint density at radius 2 is 0.527 bits per heavy atom. The Balaban J connectivity index is 3.09. The first kappa shape index (κ1) is 53.9. The molecule has 0 amide bonds. The van der Waals surface area contributed by atoms with Gasteiger partial charge in [-0.2, -0.15) is 0 Å². The highest BCUT2D eigenvalue weighted by Crippen LogP contribution is 2.08. The molecule has 0 aliphatic heterocycles. The largest absolute Gasteiger partial charge is 0.458 e. The highest BCUT2D eigenvalue weighted by atomic mass is 16.6. The third-order valence-corrected chi connectivity index (χ3v) is 7.25. The Kier molecular flexibility index (Phi) is 44.8. The molecule has 0 aromatic rings. The first-order valence-electron chi connectivity index (χ1n) is 20.7. The number of unbranched alkanes of at least 4 members (excludes halogenated alkanes) is 7. The van der Waals surface area contributed by atoms with Gasteiger partial charge >= 0.3 is 5.97 Å². The summed E-state index contributed by atoms with van der Waals surface area (Å²) in [4.78, 5) is 11.5. The van der Waals surface area contributed by atoms with E-state index in [1.54, 1.807) is 0 Å². The van der Waals surface area contributed by atoms with E-state index < -0.39 is 5.60 Å². The van der Waals surface area contributed by atoms with E-state index in [0.29, 0.717) is 159 Å². The molecule has 0 rings (SSSR count). The second-order valence-corrected chi connectivity index (χ2v) is 13.5. The van der Waals surface area contributed by atoms with E-state index in [-0.39, 0.29) is 12.6 Å². The maximum absolute atomic E-state index is 11.5. The van der Waals surface area contributed by atoms with Crippen molar-refractivity contribution in [1.29, 1.82) is 0 Å². The summed E-state index contributed by atoms with van der Waals surface area (Å²) in [5, 5.41) is 0. The van der Waals surface area contributed by atoms with Crippen LogP contribution in [-0.4, -0.2) is 183 Å². The maximum Gasteiger partial charge on any atom is 0.332 e. The number of hydrogen-bond acceptors (Lipinski definition) is 15. The molecule has 15 heteroatoms. The molecule has 330 valence electrons. The van der Waals surface area contributed by atoms with E-state index in [2.05, 4.69) is 6.92 Å². The van der Waals surface area contributed by atoms with Crippen LogP contribution < -0.4 is 0 Å². The quantitative estimate of drug-likeness (QED) is 0.0620. The third kappa shape index (κ3) is 50.9. The van der Waals surface area contributed by atoms with E-state index in [4.69, 9.17) is 66.3 Å². The highest BCUT2D eigenvalue weighted by Gasteiger charge is 2.15. The van der Waals surface area contributed by atoms with Crippen molar-refractivity contribution < 1.29 is 71.1 Å². The molecule has 0 spiro atoms. The Morgan fingerprint density at radius 3 is 0.782 bits per heavy atom. The summed E-state index contributed by atoms with van der Waals surface area (Å²) in [5.41, 5.74) is -0.512. The smallest absolute Gasteiger partial charge is 0.332 e. The van der Waals surface area contributed by atoms with Crippen molar-refractivity contribution >= 4 is 5.97 Å². The van der Waals surface area contributed by atoms with Crippen LogP contribution in [0.3, 0.4) is 0 Å². The number of carbonyl (C=O) groups is 1. The molecule has 0 N–H and O–H groups in total.